The molecule has 2 saturated carbocycles. The molecule has 0 spiro atoms. The zero-order valence-corrected chi connectivity index (χ0v) is 18.1. The second-order valence-electron chi connectivity index (χ2n) is 9.77. The third-order valence-electron chi connectivity index (χ3n) is 7.56. The van der Waals surface area contributed by atoms with Gasteiger partial charge in [0.15, 0.2) is 0 Å². The second kappa shape index (κ2) is 10.4. The van der Waals surface area contributed by atoms with Crippen molar-refractivity contribution in [3.8, 4) is 0 Å². The maximum Gasteiger partial charge on any atom is 0.314 e. The van der Waals surface area contributed by atoms with Gasteiger partial charge in [-0.05, 0) is 74.0 Å². The van der Waals surface area contributed by atoms with Crippen LogP contribution in [0.4, 0.5) is 9.59 Å². The van der Waals surface area contributed by atoms with Crippen LogP contribution in [-0.4, -0.2) is 38.2 Å². The number of hydrogen-bond donors (Lipinski definition) is 4. The first kappa shape index (κ1) is 21.3. The van der Waals surface area contributed by atoms with E-state index in [1.165, 1.54) is 25.7 Å². The molecular formula is C24H38N4O2. The van der Waals surface area contributed by atoms with Gasteiger partial charge in [0.05, 0.1) is 0 Å². The summed E-state index contributed by atoms with van der Waals surface area (Å²) < 4.78 is 0. The molecule has 4 rings (SSSR count). The number of allylic oxidation sites excluding steroid dienone is 4. The molecule has 6 atom stereocenters. The molecule has 0 aromatic rings. The lowest BCUT2D eigenvalue weighted by Crippen LogP contribution is -2.39. The molecule has 0 saturated heterocycles. The highest BCUT2D eigenvalue weighted by Crippen LogP contribution is 2.43. The minimum atomic E-state index is -0.0361. The van der Waals surface area contributed by atoms with E-state index in [0.29, 0.717) is 36.8 Å². The predicted molar refractivity (Wildman–Crippen MR) is 119 cm³/mol. The fourth-order valence-corrected chi connectivity index (χ4v) is 5.84. The minimum Gasteiger partial charge on any atom is -0.338 e. The van der Waals surface area contributed by atoms with Crippen LogP contribution in [0.3, 0.4) is 0 Å². The number of carbonyl (C=O) groups is 2. The fraction of sp³-hybridized carbons (Fsp3) is 0.750. The zero-order chi connectivity index (χ0) is 20.8. The van der Waals surface area contributed by atoms with E-state index in [2.05, 4.69) is 45.6 Å². The van der Waals surface area contributed by atoms with Gasteiger partial charge < -0.3 is 21.3 Å². The highest BCUT2D eigenvalue weighted by atomic mass is 16.2. The molecule has 30 heavy (non-hydrogen) atoms. The Balaban J connectivity index is 0.927. The van der Waals surface area contributed by atoms with Gasteiger partial charge in [0.2, 0.25) is 0 Å². The number of nitrogens with one attached hydrogen (secondary N) is 4. The van der Waals surface area contributed by atoms with Gasteiger partial charge in [0.1, 0.15) is 0 Å². The summed E-state index contributed by atoms with van der Waals surface area (Å²) >= 11 is 0. The number of carbonyl (C=O) groups excluding carboxylic acids is 2. The molecule has 0 heterocycles. The van der Waals surface area contributed by atoms with Gasteiger partial charge in [0.25, 0.3) is 0 Å². The topological polar surface area (TPSA) is 82.3 Å². The van der Waals surface area contributed by atoms with Crippen LogP contribution in [0.1, 0.15) is 51.4 Å². The Morgan fingerprint density at radius 2 is 1.07 bits per heavy atom. The van der Waals surface area contributed by atoms with E-state index in [1.807, 2.05) is 0 Å². The lowest BCUT2D eigenvalue weighted by Gasteiger charge is -2.18. The summed E-state index contributed by atoms with van der Waals surface area (Å²) in [5, 5.41) is 12.0. The summed E-state index contributed by atoms with van der Waals surface area (Å²) in [5.74, 6) is 4.12. The molecule has 6 heteroatoms. The van der Waals surface area contributed by atoms with Crippen LogP contribution in [0.2, 0.25) is 0 Å². The molecule has 0 radical (unpaired) electrons. The second-order valence-corrected chi connectivity index (χ2v) is 9.77. The van der Waals surface area contributed by atoms with Crippen molar-refractivity contribution in [3.63, 3.8) is 0 Å². The van der Waals surface area contributed by atoms with Crippen molar-refractivity contribution in [1.82, 2.24) is 21.3 Å². The Bertz CT molecular complexity index is 606. The van der Waals surface area contributed by atoms with Crippen LogP contribution in [0.25, 0.3) is 0 Å². The summed E-state index contributed by atoms with van der Waals surface area (Å²) in [6, 6.07) is -0.0721. The molecule has 0 aromatic heterocycles. The van der Waals surface area contributed by atoms with Crippen molar-refractivity contribution in [1.29, 1.82) is 0 Å². The van der Waals surface area contributed by atoms with Crippen molar-refractivity contribution in [2.75, 3.05) is 26.2 Å². The smallest absolute Gasteiger partial charge is 0.314 e. The third kappa shape index (κ3) is 5.79. The molecule has 4 amide bonds. The molecule has 6 unspecified atom stereocenters. The molecule has 0 aliphatic heterocycles. The summed E-state index contributed by atoms with van der Waals surface area (Å²) in [6.07, 6.45) is 18.4. The van der Waals surface area contributed by atoms with E-state index in [0.717, 1.165) is 50.6 Å². The first-order valence-electron chi connectivity index (χ1n) is 12.1. The molecule has 2 fully saturated rings. The quantitative estimate of drug-likeness (QED) is 0.308. The van der Waals surface area contributed by atoms with Crippen molar-refractivity contribution < 1.29 is 9.59 Å². The standard InChI is InChI=1S/C24H38N4O2/c29-23(27-15-21-13-17-5-7-19(21)11-17)25-9-3-1-2-4-10-26-24(30)28-16-22-14-18-6-8-20(22)12-18/h5-8,17-22H,1-4,9-16H2,(H2,25,27,29)(H2,26,28,30). The van der Waals surface area contributed by atoms with E-state index >= 15 is 0 Å². The van der Waals surface area contributed by atoms with Crippen LogP contribution in [0.15, 0.2) is 24.3 Å². The Kier molecular flexibility index (Phi) is 7.34. The highest BCUT2D eigenvalue weighted by molar-refractivity contribution is 5.74. The van der Waals surface area contributed by atoms with E-state index in [-0.39, 0.29) is 12.1 Å². The lowest BCUT2D eigenvalue weighted by atomic mass is 9.94. The molecular weight excluding hydrogens is 376 g/mol. The van der Waals surface area contributed by atoms with Gasteiger partial charge in [0, 0.05) is 26.2 Å². The number of unbranched alkanes of at least 4 members (excludes halogenated alkanes) is 3. The number of urea groups is 2. The minimum absolute atomic E-state index is 0.0361. The average molecular weight is 415 g/mol. The normalized spacial score (nSPS) is 32.5. The first-order chi connectivity index (χ1) is 14.7. The van der Waals surface area contributed by atoms with Gasteiger partial charge in [-0.1, -0.05) is 37.1 Å². The predicted octanol–water partition coefficient (Wildman–Crippen LogP) is 3.57. The number of fused-ring (bicyclic) bond motifs is 4. The molecule has 4 aliphatic carbocycles. The molecule has 6 nitrogen and oxygen atoms in total. The van der Waals surface area contributed by atoms with Crippen LogP contribution in [0.5, 0.6) is 0 Å². The molecule has 166 valence electrons. The number of amides is 4. The van der Waals surface area contributed by atoms with Crippen molar-refractivity contribution in [3.05, 3.63) is 24.3 Å². The van der Waals surface area contributed by atoms with Crippen LogP contribution in [-0.2, 0) is 0 Å². The van der Waals surface area contributed by atoms with Crippen molar-refractivity contribution in [2.45, 2.75) is 51.4 Å². The molecule has 0 aromatic carbocycles. The SMILES string of the molecule is O=C(NCCCCCCNC(=O)NCC1CC2C=CC1C2)NCC1CC2C=CC1C2. The number of rotatable bonds is 11. The maximum absolute atomic E-state index is 11.9. The molecule has 4 N–H and O–H groups in total. The summed E-state index contributed by atoms with van der Waals surface area (Å²) in [4.78, 5) is 23.8. The largest absolute Gasteiger partial charge is 0.338 e. The van der Waals surface area contributed by atoms with Crippen LogP contribution < -0.4 is 21.3 Å². The zero-order valence-electron chi connectivity index (χ0n) is 18.1. The monoisotopic (exact) mass is 414 g/mol. The average Bonchev–Trinajstić information content (AvgIpc) is 3.54. The molecule has 4 aliphatic rings. The Morgan fingerprint density at radius 1 is 0.600 bits per heavy atom. The first-order valence-corrected chi connectivity index (χ1v) is 12.1. The van der Waals surface area contributed by atoms with Gasteiger partial charge >= 0.3 is 12.1 Å². The maximum atomic E-state index is 11.9. The molecule has 4 bridgehead atoms. The summed E-state index contributed by atoms with van der Waals surface area (Å²) in [5.41, 5.74) is 0. The summed E-state index contributed by atoms with van der Waals surface area (Å²) in [7, 11) is 0. The van der Waals surface area contributed by atoms with Crippen LogP contribution >= 0.6 is 0 Å². The van der Waals surface area contributed by atoms with E-state index in [9.17, 15) is 9.59 Å². The Labute approximate surface area is 180 Å². The lowest BCUT2D eigenvalue weighted by molar-refractivity contribution is 0.236. The van der Waals surface area contributed by atoms with Crippen LogP contribution in [0, 0.1) is 35.5 Å². The van der Waals surface area contributed by atoms with Crippen molar-refractivity contribution in [2.24, 2.45) is 35.5 Å². The Morgan fingerprint density at radius 3 is 1.43 bits per heavy atom. The van der Waals surface area contributed by atoms with E-state index in [4.69, 9.17) is 0 Å². The Hall–Kier alpha value is -1.98. The van der Waals surface area contributed by atoms with E-state index < -0.39 is 0 Å². The van der Waals surface area contributed by atoms with Gasteiger partial charge in [-0.3, -0.25) is 0 Å². The van der Waals surface area contributed by atoms with Gasteiger partial charge in [-0.25, -0.2) is 9.59 Å². The third-order valence-corrected chi connectivity index (χ3v) is 7.56. The highest BCUT2D eigenvalue weighted by Gasteiger charge is 2.36. The summed E-state index contributed by atoms with van der Waals surface area (Å²) in [6.45, 7) is 3.02. The van der Waals surface area contributed by atoms with Crippen molar-refractivity contribution >= 4 is 12.1 Å². The fourth-order valence-electron chi connectivity index (χ4n) is 5.84. The van der Waals surface area contributed by atoms with Gasteiger partial charge in [-0.2, -0.15) is 0 Å². The number of hydrogen-bond acceptors (Lipinski definition) is 2. The van der Waals surface area contributed by atoms with E-state index in [1.54, 1.807) is 0 Å². The van der Waals surface area contributed by atoms with Gasteiger partial charge in [-0.15, -0.1) is 0 Å².